The molecule has 0 heterocycles. The predicted octanol–water partition coefficient (Wildman–Crippen LogP) is 2.39. The second kappa shape index (κ2) is 2.97. The molecule has 0 aromatic heterocycles. The van der Waals surface area contributed by atoms with Crippen LogP contribution in [0, 0.1) is 0 Å². The third kappa shape index (κ3) is 2.57. The molecule has 0 nitrogen and oxygen atoms in total. The van der Waals surface area contributed by atoms with Gasteiger partial charge in [-0.05, 0) is 6.92 Å². The zero-order chi connectivity index (χ0) is 5.86. The Morgan fingerprint density at radius 2 is 2.14 bits per heavy atom. The molecule has 0 amide bonds. The summed E-state index contributed by atoms with van der Waals surface area (Å²) in [6.45, 7) is 1.47. The van der Waals surface area contributed by atoms with Crippen LogP contribution in [0.15, 0.2) is 11.1 Å². The number of allylic oxidation sites excluding steroid dienone is 2. The molecule has 0 N–H and O–H groups in total. The molecule has 0 unspecified atom stereocenters. The van der Waals surface area contributed by atoms with Crippen molar-refractivity contribution in [1.82, 2.24) is 0 Å². The molecule has 42 valence electrons. The summed E-state index contributed by atoms with van der Waals surface area (Å²) >= 11 is 4.91. The Balaban J connectivity index is 3.56. The standard InChI is InChI=1S/C4H5ClF2/c1-2-3(5)4(6)7/h2,4H,1H3. The topological polar surface area (TPSA) is 0 Å². The van der Waals surface area contributed by atoms with E-state index in [-0.39, 0.29) is 5.03 Å². The fourth-order valence-corrected chi connectivity index (χ4v) is 0.126. The molecule has 0 aromatic carbocycles. The molecule has 0 fully saturated rings. The van der Waals surface area contributed by atoms with Gasteiger partial charge in [0, 0.05) is 0 Å². The molecular formula is C4H5ClF2. The van der Waals surface area contributed by atoms with E-state index in [1.54, 1.807) is 0 Å². The van der Waals surface area contributed by atoms with Gasteiger partial charge < -0.3 is 0 Å². The first-order valence-corrected chi connectivity index (χ1v) is 2.16. The summed E-state index contributed by atoms with van der Waals surface area (Å²) in [5, 5.41) is -0.389. The number of alkyl halides is 2. The SMILES string of the molecule is CC=C(Cl)C(F)F. The minimum absolute atomic E-state index is 0.389. The molecule has 0 aliphatic carbocycles. The minimum atomic E-state index is -2.51. The highest BCUT2D eigenvalue weighted by Gasteiger charge is 2.03. The van der Waals surface area contributed by atoms with Crippen LogP contribution in [-0.4, -0.2) is 6.43 Å². The van der Waals surface area contributed by atoms with Crippen LogP contribution < -0.4 is 0 Å². The van der Waals surface area contributed by atoms with E-state index in [0.717, 1.165) is 0 Å². The normalized spacial score (nSPS) is 13.0. The zero-order valence-corrected chi connectivity index (χ0v) is 4.54. The van der Waals surface area contributed by atoms with Gasteiger partial charge in [0.05, 0.1) is 5.03 Å². The average Bonchev–Trinajstić information content (AvgIpc) is 1.65. The van der Waals surface area contributed by atoms with Gasteiger partial charge in [0.1, 0.15) is 0 Å². The fourth-order valence-electron chi connectivity index (χ4n) is 0.126. The quantitative estimate of drug-likeness (QED) is 0.506. The van der Waals surface area contributed by atoms with Crippen LogP contribution in [0.5, 0.6) is 0 Å². The second-order valence-corrected chi connectivity index (χ2v) is 1.41. The number of hydrogen-bond acceptors (Lipinski definition) is 0. The van der Waals surface area contributed by atoms with Crippen molar-refractivity contribution in [3.8, 4) is 0 Å². The summed E-state index contributed by atoms with van der Waals surface area (Å²) in [6, 6.07) is 0. The maximum Gasteiger partial charge on any atom is 0.273 e. The monoisotopic (exact) mass is 126 g/mol. The summed E-state index contributed by atoms with van der Waals surface area (Å²) in [6.07, 6.45) is -1.33. The van der Waals surface area contributed by atoms with Crippen LogP contribution in [-0.2, 0) is 0 Å². The summed E-state index contributed by atoms with van der Waals surface area (Å²) < 4.78 is 22.5. The van der Waals surface area contributed by atoms with E-state index in [2.05, 4.69) is 0 Å². The maximum atomic E-state index is 11.2. The average molecular weight is 127 g/mol. The van der Waals surface area contributed by atoms with Crippen LogP contribution in [0.25, 0.3) is 0 Å². The Kier molecular flexibility index (Phi) is 2.92. The van der Waals surface area contributed by atoms with E-state index in [9.17, 15) is 8.78 Å². The number of rotatable bonds is 1. The number of hydrogen-bond donors (Lipinski definition) is 0. The van der Waals surface area contributed by atoms with E-state index in [4.69, 9.17) is 11.6 Å². The number of halogens is 3. The third-order valence-electron chi connectivity index (χ3n) is 0.484. The van der Waals surface area contributed by atoms with Crippen LogP contribution in [0.3, 0.4) is 0 Å². The molecule has 3 heteroatoms. The van der Waals surface area contributed by atoms with Crippen molar-refractivity contribution in [1.29, 1.82) is 0 Å². The molecule has 0 saturated heterocycles. The lowest BCUT2D eigenvalue weighted by Gasteiger charge is -1.89. The molecule has 0 bridgehead atoms. The zero-order valence-electron chi connectivity index (χ0n) is 3.79. The third-order valence-corrected chi connectivity index (χ3v) is 0.867. The molecule has 0 spiro atoms. The summed E-state index contributed by atoms with van der Waals surface area (Å²) in [7, 11) is 0. The van der Waals surface area contributed by atoms with Gasteiger partial charge >= 0.3 is 0 Å². The molecular weight excluding hydrogens is 121 g/mol. The minimum Gasteiger partial charge on any atom is -0.204 e. The van der Waals surface area contributed by atoms with Crippen LogP contribution >= 0.6 is 11.6 Å². The van der Waals surface area contributed by atoms with Crippen molar-refractivity contribution in [2.75, 3.05) is 0 Å². The Labute approximate surface area is 45.8 Å². The van der Waals surface area contributed by atoms with Crippen LogP contribution in [0.2, 0.25) is 0 Å². The molecule has 0 aliphatic heterocycles. The first-order valence-electron chi connectivity index (χ1n) is 1.78. The molecule has 0 saturated carbocycles. The van der Waals surface area contributed by atoms with Gasteiger partial charge in [0.15, 0.2) is 0 Å². The van der Waals surface area contributed by atoms with Gasteiger partial charge in [-0.15, -0.1) is 0 Å². The lowest BCUT2D eigenvalue weighted by atomic mass is 10.5. The summed E-state index contributed by atoms with van der Waals surface area (Å²) in [5.41, 5.74) is 0. The molecule has 0 atom stereocenters. The summed E-state index contributed by atoms with van der Waals surface area (Å²) in [5.74, 6) is 0. The van der Waals surface area contributed by atoms with Gasteiger partial charge in [-0.25, -0.2) is 8.78 Å². The lowest BCUT2D eigenvalue weighted by molar-refractivity contribution is 0.198. The van der Waals surface area contributed by atoms with Crippen molar-refractivity contribution in [3.05, 3.63) is 11.1 Å². The maximum absolute atomic E-state index is 11.2. The lowest BCUT2D eigenvalue weighted by Crippen LogP contribution is -1.86. The van der Waals surface area contributed by atoms with Crippen molar-refractivity contribution in [2.45, 2.75) is 13.3 Å². The van der Waals surface area contributed by atoms with Gasteiger partial charge in [0.25, 0.3) is 6.43 Å². The van der Waals surface area contributed by atoms with E-state index in [1.165, 1.54) is 13.0 Å². The van der Waals surface area contributed by atoms with Crippen molar-refractivity contribution >= 4 is 11.6 Å². The molecule has 0 aliphatic rings. The molecule has 0 aromatic rings. The fraction of sp³-hybridized carbons (Fsp3) is 0.500. The van der Waals surface area contributed by atoms with Crippen LogP contribution in [0.1, 0.15) is 6.92 Å². The molecule has 0 radical (unpaired) electrons. The Morgan fingerprint density at radius 1 is 1.71 bits per heavy atom. The highest BCUT2D eigenvalue weighted by Crippen LogP contribution is 2.11. The summed E-state index contributed by atoms with van der Waals surface area (Å²) in [4.78, 5) is 0. The Bertz CT molecular complexity index is 77.8. The van der Waals surface area contributed by atoms with Crippen molar-refractivity contribution in [3.63, 3.8) is 0 Å². The van der Waals surface area contributed by atoms with Crippen molar-refractivity contribution in [2.24, 2.45) is 0 Å². The first kappa shape index (κ1) is 6.89. The molecule has 0 rings (SSSR count). The van der Waals surface area contributed by atoms with E-state index >= 15 is 0 Å². The first-order chi connectivity index (χ1) is 3.18. The highest BCUT2D eigenvalue weighted by molar-refractivity contribution is 6.29. The van der Waals surface area contributed by atoms with Gasteiger partial charge in [0.2, 0.25) is 0 Å². The van der Waals surface area contributed by atoms with E-state index < -0.39 is 6.43 Å². The van der Waals surface area contributed by atoms with E-state index in [1.807, 2.05) is 0 Å². The van der Waals surface area contributed by atoms with Gasteiger partial charge in [-0.1, -0.05) is 17.7 Å². The second-order valence-electron chi connectivity index (χ2n) is 0.974. The largest absolute Gasteiger partial charge is 0.273 e. The molecule has 7 heavy (non-hydrogen) atoms. The predicted molar refractivity (Wildman–Crippen MR) is 25.6 cm³/mol. The van der Waals surface area contributed by atoms with Crippen molar-refractivity contribution < 1.29 is 8.78 Å². The van der Waals surface area contributed by atoms with Gasteiger partial charge in [-0.3, -0.25) is 0 Å². The Morgan fingerprint density at radius 3 is 2.14 bits per heavy atom. The van der Waals surface area contributed by atoms with Crippen LogP contribution in [0.4, 0.5) is 8.78 Å². The Hall–Kier alpha value is -0.110. The van der Waals surface area contributed by atoms with E-state index in [0.29, 0.717) is 0 Å². The van der Waals surface area contributed by atoms with Gasteiger partial charge in [-0.2, -0.15) is 0 Å². The smallest absolute Gasteiger partial charge is 0.204 e. The highest BCUT2D eigenvalue weighted by atomic mass is 35.5.